The van der Waals surface area contributed by atoms with Crippen LogP contribution in [0.15, 0.2) is 59.0 Å². The van der Waals surface area contributed by atoms with Crippen molar-refractivity contribution < 1.29 is 14.3 Å². The minimum atomic E-state index is -0.363. The molecule has 2 aliphatic rings. The molecule has 0 radical (unpaired) electrons. The number of imide groups is 1. The van der Waals surface area contributed by atoms with Crippen LogP contribution in [0.3, 0.4) is 0 Å². The van der Waals surface area contributed by atoms with E-state index in [4.69, 9.17) is 16.3 Å². The second-order valence-corrected chi connectivity index (χ2v) is 9.13. The first-order valence-corrected chi connectivity index (χ1v) is 11.1. The maximum atomic E-state index is 13.5. The molecule has 0 saturated carbocycles. The number of urea groups is 1. The Morgan fingerprint density at radius 3 is 2.50 bits per heavy atom. The molecule has 7 heteroatoms. The van der Waals surface area contributed by atoms with Crippen molar-refractivity contribution in [2.75, 3.05) is 11.5 Å². The standard InChI is InChI=1S/C23H23ClN2O3S/c1-4-29-19-10-8-18(9-11-19)26-21(27)20-14(2)15(3)30-22(20)25(23(26)28)13-16-6-5-7-17(24)12-16/h5-12,20,22H,4,13H2,1-3H3. The lowest BCUT2D eigenvalue weighted by atomic mass is 9.95. The molecule has 2 aromatic rings. The molecule has 0 aliphatic carbocycles. The van der Waals surface area contributed by atoms with E-state index in [0.717, 1.165) is 16.0 Å². The zero-order valence-corrected chi connectivity index (χ0v) is 18.7. The van der Waals surface area contributed by atoms with Crippen molar-refractivity contribution in [3.05, 3.63) is 69.6 Å². The maximum absolute atomic E-state index is 13.5. The Morgan fingerprint density at radius 1 is 1.10 bits per heavy atom. The SMILES string of the molecule is CCOc1ccc(N2C(=O)C3C(C)=C(C)SC3N(Cc3cccc(Cl)c3)C2=O)cc1. The highest BCUT2D eigenvalue weighted by atomic mass is 35.5. The van der Waals surface area contributed by atoms with E-state index in [1.807, 2.05) is 45.0 Å². The van der Waals surface area contributed by atoms with Gasteiger partial charge in [0.15, 0.2) is 0 Å². The van der Waals surface area contributed by atoms with Crippen molar-refractivity contribution in [3.8, 4) is 5.75 Å². The van der Waals surface area contributed by atoms with Crippen LogP contribution in [0, 0.1) is 5.92 Å². The zero-order valence-electron chi connectivity index (χ0n) is 17.1. The fourth-order valence-corrected chi connectivity index (χ4v) is 5.52. The lowest BCUT2D eigenvalue weighted by molar-refractivity contribution is -0.122. The van der Waals surface area contributed by atoms with Crippen LogP contribution in [0.5, 0.6) is 5.75 Å². The van der Waals surface area contributed by atoms with Gasteiger partial charge in [0.05, 0.1) is 23.6 Å². The molecule has 2 aliphatic heterocycles. The van der Waals surface area contributed by atoms with Gasteiger partial charge < -0.3 is 9.64 Å². The number of ether oxygens (including phenoxy) is 1. The second kappa shape index (κ2) is 8.36. The van der Waals surface area contributed by atoms with Crippen molar-refractivity contribution in [3.63, 3.8) is 0 Å². The first-order valence-electron chi connectivity index (χ1n) is 9.86. The largest absolute Gasteiger partial charge is 0.494 e. The Hall–Kier alpha value is -2.44. The molecular formula is C23H23ClN2O3S. The van der Waals surface area contributed by atoms with Gasteiger partial charge in [-0.3, -0.25) is 4.79 Å². The molecule has 1 saturated heterocycles. The van der Waals surface area contributed by atoms with E-state index in [1.165, 1.54) is 4.90 Å². The molecule has 3 amide bonds. The van der Waals surface area contributed by atoms with Gasteiger partial charge in [-0.1, -0.05) is 23.7 Å². The number of halogens is 1. The summed E-state index contributed by atoms with van der Waals surface area (Å²) in [5.41, 5.74) is 2.50. The third-order valence-corrected chi connectivity index (χ3v) is 7.16. The fraction of sp³-hybridized carbons (Fsp3) is 0.304. The number of carbonyl (C=O) groups excluding carboxylic acids is 2. The Balaban J connectivity index is 1.71. The molecule has 0 bridgehead atoms. The normalized spacial score (nSPS) is 21.3. The zero-order chi connectivity index (χ0) is 21.4. The number of hydrogen-bond acceptors (Lipinski definition) is 4. The number of thioether (sulfide) groups is 1. The summed E-state index contributed by atoms with van der Waals surface area (Å²) in [7, 11) is 0. The fourth-order valence-electron chi connectivity index (χ4n) is 3.88. The number of nitrogens with zero attached hydrogens (tertiary/aromatic N) is 2. The number of anilines is 1. The van der Waals surface area contributed by atoms with Crippen molar-refractivity contribution in [1.29, 1.82) is 0 Å². The van der Waals surface area contributed by atoms with Gasteiger partial charge in [-0.2, -0.15) is 0 Å². The van der Waals surface area contributed by atoms with Gasteiger partial charge in [-0.25, -0.2) is 9.69 Å². The van der Waals surface area contributed by atoms with Crippen molar-refractivity contribution in [2.24, 2.45) is 5.92 Å². The number of rotatable bonds is 5. The van der Waals surface area contributed by atoms with Crippen LogP contribution in [0.1, 0.15) is 26.3 Å². The van der Waals surface area contributed by atoms with E-state index in [-0.39, 0.29) is 23.2 Å². The summed E-state index contributed by atoms with van der Waals surface area (Å²) in [5.74, 6) is 0.159. The van der Waals surface area contributed by atoms with Crippen LogP contribution in [0.2, 0.25) is 5.02 Å². The van der Waals surface area contributed by atoms with E-state index in [9.17, 15) is 9.59 Å². The molecule has 0 spiro atoms. The quantitative estimate of drug-likeness (QED) is 0.596. The van der Waals surface area contributed by atoms with Crippen molar-refractivity contribution in [1.82, 2.24) is 4.90 Å². The van der Waals surface area contributed by atoms with E-state index in [0.29, 0.717) is 29.6 Å². The number of benzene rings is 2. The Labute approximate surface area is 185 Å². The first kappa shape index (κ1) is 20.8. The highest BCUT2D eigenvalue weighted by Gasteiger charge is 2.51. The van der Waals surface area contributed by atoms with Crippen LogP contribution < -0.4 is 9.64 Å². The van der Waals surface area contributed by atoms with E-state index < -0.39 is 0 Å². The van der Waals surface area contributed by atoms with Crippen molar-refractivity contribution in [2.45, 2.75) is 32.7 Å². The van der Waals surface area contributed by atoms with Crippen LogP contribution in [0.4, 0.5) is 10.5 Å². The van der Waals surface area contributed by atoms with Gasteiger partial charge in [-0.05, 0) is 73.2 Å². The third-order valence-electron chi connectivity index (χ3n) is 5.48. The topological polar surface area (TPSA) is 49.9 Å². The molecule has 156 valence electrons. The van der Waals surface area contributed by atoms with Crippen molar-refractivity contribution >= 4 is 41.0 Å². The Kier molecular flexibility index (Phi) is 5.80. The van der Waals surface area contributed by atoms with Gasteiger partial charge in [-0.15, -0.1) is 11.8 Å². The molecule has 30 heavy (non-hydrogen) atoms. The summed E-state index contributed by atoms with van der Waals surface area (Å²) in [6, 6.07) is 14.2. The van der Waals surface area contributed by atoms with Gasteiger partial charge in [0, 0.05) is 11.6 Å². The van der Waals surface area contributed by atoms with Gasteiger partial charge in [0.1, 0.15) is 5.75 Å². The summed E-state index contributed by atoms with van der Waals surface area (Å²) >= 11 is 7.74. The Bertz CT molecular complexity index is 1020. The van der Waals surface area contributed by atoms with Gasteiger partial charge in [0.25, 0.3) is 0 Å². The van der Waals surface area contributed by atoms with E-state index >= 15 is 0 Å². The molecule has 2 aromatic carbocycles. The van der Waals surface area contributed by atoms with E-state index in [2.05, 4.69) is 0 Å². The van der Waals surface area contributed by atoms with E-state index in [1.54, 1.807) is 40.9 Å². The van der Waals surface area contributed by atoms with Crippen LogP contribution >= 0.6 is 23.4 Å². The summed E-state index contributed by atoms with van der Waals surface area (Å²) in [6.45, 7) is 6.84. The van der Waals surface area contributed by atoms with Crippen LogP contribution in [0.25, 0.3) is 0 Å². The average Bonchev–Trinajstić information content (AvgIpc) is 3.02. The molecule has 1 fully saturated rings. The highest BCUT2D eigenvalue weighted by molar-refractivity contribution is 8.03. The molecule has 4 rings (SSSR count). The minimum Gasteiger partial charge on any atom is -0.494 e. The summed E-state index contributed by atoms with van der Waals surface area (Å²) in [5, 5.41) is 0.375. The molecular weight excluding hydrogens is 420 g/mol. The first-order chi connectivity index (χ1) is 14.4. The smallest absolute Gasteiger partial charge is 0.332 e. The molecule has 0 N–H and O–H groups in total. The summed E-state index contributed by atoms with van der Waals surface area (Å²) in [4.78, 5) is 31.1. The molecule has 5 nitrogen and oxygen atoms in total. The Morgan fingerprint density at radius 2 is 1.83 bits per heavy atom. The van der Waals surface area contributed by atoms with Crippen LogP contribution in [-0.2, 0) is 11.3 Å². The average molecular weight is 443 g/mol. The molecule has 2 atom stereocenters. The minimum absolute atomic E-state index is 0.182. The molecule has 0 aromatic heterocycles. The summed E-state index contributed by atoms with van der Waals surface area (Å²) in [6.07, 6.45) is 0. The van der Waals surface area contributed by atoms with Gasteiger partial charge >= 0.3 is 6.03 Å². The summed E-state index contributed by atoms with van der Waals surface area (Å²) < 4.78 is 5.49. The number of hydrogen-bond donors (Lipinski definition) is 0. The third kappa shape index (κ3) is 3.70. The van der Waals surface area contributed by atoms with Crippen LogP contribution in [-0.4, -0.2) is 28.8 Å². The number of fused-ring (bicyclic) bond motifs is 1. The molecule has 2 unspecified atom stereocenters. The maximum Gasteiger partial charge on any atom is 0.332 e. The molecule has 2 heterocycles. The highest BCUT2D eigenvalue weighted by Crippen LogP contribution is 2.48. The number of amides is 3. The lowest BCUT2D eigenvalue weighted by Crippen LogP contribution is -2.59. The number of allylic oxidation sites excluding steroid dienone is 1. The lowest BCUT2D eigenvalue weighted by Gasteiger charge is -2.42. The van der Waals surface area contributed by atoms with Gasteiger partial charge in [0.2, 0.25) is 5.91 Å². The number of carbonyl (C=O) groups is 2. The second-order valence-electron chi connectivity index (χ2n) is 7.37. The predicted octanol–water partition coefficient (Wildman–Crippen LogP) is 5.69. The monoisotopic (exact) mass is 442 g/mol. The predicted molar refractivity (Wildman–Crippen MR) is 121 cm³/mol.